The lowest BCUT2D eigenvalue weighted by molar-refractivity contribution is -0.443. The zero-order valence-electron chi connectivity index (χ0n) is 10.1. The molecule has 0 fully saturated rings. The van der Waals surface area contributed by atoms with E-state index in [1.807, 2.05) is 0 Å². The van der Waals surface area contributed by atoms with Gasteiger partial charge in [-0.3, -0.25) is 0 Å². The fourth-order valence-corrected chi connectivity index (χ4v) is 1.68. The van der Waals surface area contributed by atoms with Crippen LogP contribution in [-0.4, -0.2) is 49.4 Å². The van der Waals surface area contributed by atoms with Crippen LogP contribution < -0.4 is 4.72 Å². The maximum absolute atomic E-state index is 13.1. The lowest BCUT2D eigenvalue weighted by Crippen LogP contribution is -2.77. The highest BCUT2D eigenvalue weighted by atomic mass is 32.3. The van der Waals surface area contributed by atoms with Crippen LogP contribution in [0.2, 0.25) is 0 Å². The molecule has 0 aliphatic rings. The monoisotopic (exact) mass is 415 g/mol. The van der Waals surface area contributed by atoms with Crippen LogP contribution in [0.3, 0.4) is 0 Å². The maximum atomic E-state index is 13.1. The average Bonchev–Trinajstić information content (AvgIpc) is 2.22. The first-order valence-corrected chi connectivity index (χ1v) is 6.07. The Morgan fingerprint density at radius 1 is 0.625 bits per heavy atom. The second-order valence-electron chi connectivity index (χ2n) is 3.97. The molecular weight excluding hydrogens is 413 g/mol. The summed E-state index contributed by atoms with van der Waals surface area (Å²) in [5, 5.41) is 8.39. The summed E-state index contributed by atoms with van der Waals surface area (Å²) in [6.07, 6.45) is -14.9. The Labute approximate surface area is 122 Å². The zero-order valence-corrected chi connectivity index (χ0v) is 10.9. The molecule has 0 radical (unpaired) electrons. The molecule has 0 aliphatic heterocycles. The summed E-state index contributed by atoms with van der Waals surface area (Å²) in [5.74, 6) is -23.9. The quantitative estimate of drug-likeness (QED) is 0.412. The van der Waals surface area contributed by atoms with Crippen molar-refractivity contribution in [2.75, 3.05) is 0 Å². The van der Waals surface area contributed by atoms with Gasteiger partial charge in [0.1, 0.15) is 0 Å². The first kappa shape index (κ1) is 23.0. The van der Waals surface area contributed by atoms with Gasteiger partial charge in [-0.25, -0.2) is 0 Å². The standard InChI is InChI=1S/C6H2F13NO3S/c7-1(8,3(11,12)5(13,14)15)2(9,10)4(21,6(16,17)18)20-24(19,22)23/h20-21H. The third kappa shape index (κ3) is 3.35. The fourth-order valence-electron chi connectivity index (χ4n) is 1.08. The smallest absolute Gasteiger partial charge is 0.362 e. The van der Waals surface area contributed by atoms with E-state index in [1.165, 1.54) is 0 Å². The minimum Gasteiger partial charge on any atom is -0.362 e. The van der Waals surface area contributed by atoms with Gasteiger partial charge in [-0.05, 0) is 0 Å². The molecule has 1 unspecified atom stereocenters. The van der Waals surface area contributed by atoms with Crippen molar-refractivity contribution < 1.29 is 70.1 Å². The highest BCUT2D eigenvalue weighted by Crippen LogP contribution is 2.58. The molecule has 18 heteroatoms. The molecule has 0 aromatic heterocycles. The molecule has 0 aromatic rings. The van der Waals surface area contributed by atoms with Gasteiger partial charge in [0.05, 0.1) is 0 Å². The molecule has 0 amide bonds. The van der Waals surface area contributed by atoms with E-state index >= 15 is 0 Å². The van der Waals surface area contributed by atoms with Crippen LogP contribution in [0.25, 0.3) is 0 Å². The number of alkyl halides is 12. The van der Waals surface area contributed by atoms with Crippen LogP contribution in [0.1, 0.15) is 0 Å². The zero-order chi connectivity index (χ0) is 20.2. The summed E-state index contributed by atoms with van der Waals surface area (Å²) in [6.45, 7) is 0. The van der Waals surface area contributed by atoms with Gasteiger partial charge >= 0.3 is 40.5 Å². The van der Waals surface area contributed by atoms with E-state index < -0.39 is 51.0 Å². The second kappa shape index (κ2) is 5.48. The van der Waals surface area contributed by atoms with Gasteiger partial charge in [0.15, 0.2) is 0 Å². The van der Waals surface area contributed by atoms with Crippen LogP contribution in [0.15, 0.2) is 0 Å². The first-order valence-electron chi connectivity index (χ1n) is 4.68. The van der Waals surface area contributed by atoms with Crippen LogP contribution >= 0.6 is 0 Å². The summed E-state index contributed by atoms with van der Waals surface area (Å²) in [5.41, 5.74) is -7.05. The van der Waals surface area contributed by atoms with E-state index in [4.69, 9.17) is 5.11 Å². The molecule has 0 bridgehead atoms. The number of rotatable bonds is 5. The topological polar surface area (TPSA) is 66.4 Å². The average molecular weight is 415 g/mol. The molecule has 0 heterocycles. The predicted molar refractivity (Wildman–Crippen MR) is 45.1 cm³/mol. The molecule has 0 saturated carbocycles. The Morgan fingerprint density at radius 2 is 0.958 bits per heavy atom. The van der Waals surface area contributed by atoms with Crippen molar-refractivity contribution >= 4 is 10.4 Å². The van der Waals surface area contributed by atoms with E-state index in [-0.39, 0.29) is 0 Å². The minimum atomic E-state index is -8.07. The lowest BCUT2D eigenvalue weighted by atomic mass is 9.94. The molecule has 0 aliphatic carbocycles. The molecular formula is C6H2F13NO3S. The highest BCUT2D eigenvalue weighted by Gasteiger charge is 2.90. The predicted octanol–water partition coefficient (Wildman–Crippen LogP) is 2.51. The Morgan fingerprint density at radius 3 is 1.17 bits per heavy atom. The number of nitrogens with one attached hydrogen (secondary N) is 1. The molecule has 4 nitrogen and oxygen atoms in total. The Bertz CT molecular complexity index is 577. The largest absolute Gasteiger partial charge is 0.460 e. The van der Waals surface area contributed by atoms with Gasteiger partial charge in [-0.15, -0.1) is 4.72 Å². The number of hydrogen-bond acceptors (Lipinski definition) is 3. The molecule has 0 rings (SSSR count). The van der Waals surface area contributed by atoms with Crippen molar-refractivity contribution in [1.29, 1.82) is 0 Å². The minimum absolute atomic E-state index is 1.15. The van der Waals surface area contributed by atoms with E-state index in [2.05, 4.69) is 0 Å². The SMILES string of the molecule is O=S(=O)(F)NC(O)(C(F)(F)F)C(F)(F)C(F)(F)C(F)(F)C(F)(F)F. The summed E-state index contributed by atoms with van der Waals surface area (Å²) < 4.78 is 180. The van der Waals surface area contributed by atoms with Gasteiger partial charge < -0.3 is 5.11 Å². The van der Waals surface area contributed by atoms with Crippen LogP contribution in [-0.2, 0) is 10.4 Å². The summed E-state index contributed by atoms with van der Waals surface area (Å²) in [7, 11) is -7.15. The molecule has 24 heavy (non-hydrogen) atoms. The summed E-state index contributed by atoms with van der Waals surface area (Å²) in [4.78, 5) is 0. The van der Waals surface area contributed by atoms with Crippen LogP contribution in [0, 0.1) is 0 Å². The summed E-state index contributed by atoms with van der Waals surface area (Å²) >= 11 is 0. The van der Waals surface area contributed by atoms with Gasteiger partial charge in [0.25, 0.3) is 5.72 Å². The summed E-state index contributed by atoms with van der Waals surface area (Å²) in [6, 6.07) is 0. The van der Waals surface area contributed by atoms with Crippen molar-refractivity contribution in [3.8, 4) is 0 Å². The molecule has 0 aromatic carbocycles. The van der Waals surface area contributed by atoms with E-state index in [0.717, 1.165) is 0 Å². The molecule has 2 N–H and O–H groups in total. The number of halogens is 13. The van der Waals surface area contributed by atoms with Gasteiger partial charge in [-0.1, -0.05) is 3.89 Å². The van der Waals surface area contributed by atoms with Gasteiger partial charge in [0.2, 0.25) is 0 Å². The fraction of sp³-hybridized carbons (Fsp3) is 1.00. The lowest BCUT2D eigenvalue weighted by Gasteiger charge is -2.42. The van der Waals surface area contributed by atoms with Gasteiger partial charge in [-0.2, -0.15) is 61.1 Å². The van der Waals surface area contributed by atoms with Crippen molar-refractivity contribution in [1.82, 2.24) is 4.72 Å². The van der Waals surface area contributed by atoms with Crippen molar-refractivity contribution in [2.24, 2.45) is 0 Å². The normalized spacial score (nSPS) is 18.4. The Balaban J connectivity index is 6.61. The van der Waals surface area contributed by atoms with E-state index in [0.29, 0.717) is 0 Å². The van der Waals surface area contributed by atoms with E-state index in [1.54, 1.807) is 0 Å². The molecule has 0 saturated heterocycles. The molecule has 1 atom stereocenters. The first-order chi connectivity index (χ1) is 9.96. The third-order valence-electron chi connectivity index (χ3n) is 2.28. The Kier molecular flexibility index (Phi) is 5.24. The van der Waals surface area contributed by atoms with Crippen molar-refractivity contribution in [3.05, 3.63) is 0 Å². The number of hydrogen-bond donors (Lipinski definition) is 2. The second-order valence-corrected chi connectivity index (χ2v) is 5.05. The van der Waals surface area contributed by atoms with Crippen LogP contribution in [0.4, 0.5) is 56.6 Å². The van der Waals surface area contributed by atoms with Crippen molar-refractivity contribution in [2.45, 2.75) is 35.8 Å². The molecule has 146 valence electrons. The third-order valence-corrected chi connectivity index (χ3v) is 2.82. The maximum Gasteiger partial charge on any atom is 0.460 e. The molecule has 0 spiro atoms. The van der Waals surface area contributed by atoms with E-state index in [9.17, 15) is 65.0 Å². The highest BCUT2D eigenvalue weighted by molar-refractivity contribution is 7.84. The van der Waals surface area contributed by atoms with Gasteiger partial charge in [0, 0.05) is 0 Å². The Hall–Kier alpha value is -1.04. The van der Waals surface area contributed by atoms with Crippen LogP contribution in [0.5, 0.6) is 0 Å². The number of aliphatic hydroxyl groups is 1. The van der Waals surface area contributed by atoms with Crippen molar-refractivity contribution in [3.63, 3.8) is 0 Å².